The summed E-state index contributed by atoms with van der Waals surface area (Å²) in [6.45, 7) is 0.562. The molecule has 0 N–H and O–H groups in total. The topological polar surface area (TPSA) is 60.4 Å². The van der Waals surface area contributed by atoms with Crippen LogP contribution in [0.3, 0.4) is 0 Å². The largest absolute Gasteiger partial charge is 0.492 e. The SMILES string of the molecule is COC(=C1CO1)c1ccccc1/C=C1/N=C(c2ccccc2)OC1=O. The normalized spacial score (nSPS) is 19.2. The summed E-state index contributed by atoms with van der Waals surface area (Å²) in [5, 5.41) is 0. The second-order valence-corrected chi connectivity index (χ2v) is 5.53. The molecule has 5 heteroatoms. The van der Waals surface area contributed by atoms with Crippen molar-refractivity contribution in [3.8, 4) is 0 Å². The molecule has 2 aromatic carbocycles. The van der Waals surface area contributed by atoms with Gasteiger partial charge in [0.25, 0.3) is 0 Å². The van der Waals surface area contributed by atoms with E-state index in [4.69, 9.17) is 14.2 Å². The number of nitrogens with zero attached hydrogens (tertiary/aromatic N) is 1. The molecule has 4 rings (SSSR count). The van der Waals surface area contributed by atoms with Crippen LogP contribution >= 0.6 is 0 Å². The first-order valence-electron chi connectivity index (χ1n) is 7.83. The fourth-order valence-electron chi connectivity index (χ4n) is 2.63. The van der Waals surface area contributed by atoms with E-state index in [9.17, 15) is 4.79 Å². The van der Waals surface area contributed by atoms with Crippen molar-refractivity contribution in [1.82, 2.24) is 0 Å². The summed E-state index contributed by atoms with van der Waals surface area (Å²) in [5.41, 5.74) is 2.68. The van der Waals surface area contributed by atoms with Gasteiger partial charge in [0.2, 0.25) is 5.90 Å². The molecule has 2 heterocycles. The minimum absolute atomic E-state index is 0.253. The lowest BCUT2D eigenvalue weighted by Crippen LogP contribution is -2.05. The Kier molecular flexibility index (Phi) is 3.82. The molecule has 0 amide bonds. The second-order valence-electron chi connectivity index (χ2n) is 5.53. The summed E-state index contributed by atoms with van der Waals surface area (Å²) in [4.78, 5) is 16.5. The number of methoxy groups -OCH3 is 1. The quantitative estimate of drug-likeness (QED) is 0.372. The monoisotopic (exact) mass is 333 g/mol. The number of cyclic esters (lactones) is 1. The Labute approximate surface area is 144 Å². The summed E-state index contributed by atoms with van der Waals surface area (Å²) in [5.74, 6) is 1.31. The zero-order chi connectivity index (χ0) is 17.2. The maximum absolute atomic E-state index is 12.2. The van der Waals surface area contributed by atoms with Crippen molar-refractivity contribution in [3.63, 3.8) is 0 Å². The van der Waals surface area contributed by atoms with Crippen LogP contribution in [0.2, 0.25) is 0 Å². The number of carbonyl (C=O) groups is 1. The molecule has 1 saturated heterocycles. The van der Waals surface area contributed by atoms with Gasteiger partial charge in [0.05, 0.1) is 7.11 Å². The van der Waals surface area contributed by atoms with Gasteiger partial charge in [0.1, 0.15) is 6.61 Å². The average molecular weight is 333 g/mol. The minimum Gasteiger partial charge on any atom is -0.492 e. The third kappa shape index (κ3) is 3.04. The highest BCUT2D eigenvalue weighted by Crippen LogP contribution is 2.31. The van der Waals surface area contributed by atoms with Crippen LogP contribution < -0.4 is 0 Å². The fourth-order valence-corrected chi connectivity index (χ4v) is 2.63. The number of epoxide rings is 1. The van der Waals surface area contributed by atoms with Gasteiger partial charge in [0, 0.05) is 11.1 Å². The van der Waals surface area contributed by atoms with Crippen LogP contribution in [0.25, 0.3) is 11.8 Å². The Balaban J connectivity index is 1.73. The zero-order valence-electron chi connectivity index (χ0n) is 13.6. The van der Waals surface area contributed by atoms with Crippen molar-refractivity contribution in [3.05, 3.63) is 82.7 Å². The number of carbonyl (C=O) groups excluding carboxylic acids is 1. The van der Waals surface area contributed by atoms with E-state index < -0.39 is 5.97 Å². The minimum atomic E-state index is -0.469. The number of hydrogen-bond acceptors (Lipinski definition) is 5. The van der Waals surface area contributed by atoms with E-state index in [1.165, 1.54) is 0 Å². The van der Waals surface area contributed by atoms with Crippen molar-refractivity contribution < 1.29 is 19.0 Å². The lowest BCUT2D eigenvalue weighted by Gasteiger charge is -2.08. The van der Waals surface area contributed by atoms with Gasteiger partial charge in [-0.05, 0) is 23.8 Å². The molecule has 5 nitrogen and oxygen atoms in total. The molecular formula is C20H15NO4. The summed E-state index contributed by atoms with van der Waals surface area (Å²) >= 11 is 0. The molecule has 0 unspecified atom stereocenters. The lowest BCUT2D eigenvalue weighted by atomic mass is 10.0. The Hall–Kier alpha value is -3.34. The highest BCUT2D eigenvalue weighted by atomic mass is 16.6. The molecule has 0 saturated carbocycles. The number of hydrogen-bond donors (Lipinski definition) is 0. The Morgan fingerprint density at radius 3 is 2.56 bits per heavy atom. The van der Waals surface area contributed by atoms with Crippen LogP contribution in [0.1, 0.15) is 16.7 Å². The third-order valence-corrected chi connectivity index (χ3v) is 3.88. The standard InChI is InChI=1S/C20H15NO4/c1-23-18(17-12-24-17)15-10-6-5-9-14(15)11-16-20(22)25-19(21-16)13-7-3-2-4-8-13/h2-11H,12H2,1H3/b16-11+,18-17?. The van der Waals surface area contributed by atoms with E-state index >= 15 is 0 Å². The predicted molar refractivity (Wildman–Crippen MR) is 93.4 cm³/mol. The molecule has 2 aromatic rings. The van der Waals surface area contributed by atoms with Crippen molar-refractivity contribution in [2.24, 2.45) is 4.99 Å². The lowest BCUT2D eigenvalue weighted by molar-refractivity contribution is -0.129. The van der Waals surface area contributed by atoms with Crippen LogP contribution in [-0.4, -0.2) is 25.6 Å². The molecular weight excluding hydrogens is 318 g/mol. The Morgan fingerprint density at radius 1 is 1.12 bits per heavy atom. The molecule has 2 aliphatic rings. The van der Waals surface area contributed by atoms with Gasteiger partial charge in [-0.3, -0.25) is 0 Å². The molecule has 1 fully saturated rings. The molecule has 25 heavy (non-hydrogen) atoms. The molecule has 0 spiro atoms. The average Bonchev–Trinajstić information content (AvgIpc) is 3.42. The predicted octanol–water partition coefficient (Wildman–Crippen LogP) is 3.38. The van der Waals surface area contributed by atoms with Gasteiger partial charge in [0.15, 0.2) is 17.2 Å². The Morgan fingerprint density at radius 2 is 1.84 bits per heavy atom. The Bertz CT molecular complexity index is 920. The first-order valence-corrected chi connectivity index (χ1v) is 7.83. The van der Waals surface area contributed by atoms with Crippen molar-refractivity contribution in [2.45, 2.75) is 0 Å². The van der Waals surface area contributed by atoms with Gasteiger partial charge in [-0.1, -0.05) is 42.5 Å². The van der Waals surface area contributed by atoms with Crippen LogP contribution in [-0.2, 0) is 19.0 Å². The number of ether oxygens (including phenoxy) is 3. The molecule has 0 aliphatic carbocycles. The maximum atomic E-state index is 12.2. The molecule has 0 aromatic heterocycles. The summed E-state index contributed by atoms with van der Waals surface area (Å²) in [6, 6.07) is 16.9. The summed E-state index contributed by atoms with van der Waals surface area (Å²) in [7, 11) is 1.60. The zero-order valence-corrected chi connectivity index (χ0v) is 13.6. The van der Waals surface area contributed by atoms with E-state index in [1.54, 1.807) is 13.2 Å². The maximum Gasteiger partial charge on any atom is 0.363 e. The van der Waals surface area contributed by atoms with Gasteiger partial charge in [-0.2, -0.15) is 0 Å². The summed E-state index contributed by atoms with van der Waals surface area (Å²) < 4.78 is 16.0. The van der Waals surface area contributed by atoms with E-state index in [1.807, 2.05) is 54.6 Å². The first kappa shape index (κ1) is 15.2. The van der Waals surface area contributed by atoms with Crippen LogP contribution in [0, 0.1) is 0 Å². The number of benzene rings is 2. The van der Waals surface area contributed by atoms with Gasteiger partial charge in [-0.25, -0.2) is 9.79 Å². The van der Waals surface area contributed by atoms with E-state index in [0.29, 0.717) is 18.3 Å². The van der Waals surface area contributed by atoms with Crippen molar-refractivity contribution >= 4 is 23.7 Å². The third-order valence-electron chi connectivity index (χ3n) is 3.88. The number of rotatable bonds is 4. The van der Waals surface area contributed by atoms with E-state index in [0.717, 1.165) is 22.4 Å². The molecule has 0 atom stereocenters. The highest BCUT2D eigenvalue weighted by molar-refractivity contribution is 6.13. The molecule has 2 aliphatic heterocycles. The number of aliphatic imine (C=N–C) groups is 1. The molecule has 124 valence electrons. The van der Waals surface area contributed by atoms with Crippen LogP contribution in [0.15, 0.2) is 71.0 Å². The van der Waals surface area contributed by atoms with Crippen LogP contribution in [0.5, 0.6) is 0 Å². The summed E-state index contributed by atoms with van der Waals surface area (Å²) in [6.07, 6.45) is 1.70. The second kappa shape index (κ2) is 6.28. The molecule has 0 radical (unpaired) electrons. The van der Waals surface area contributed by atoms with Crippen LogP contribution in [0.4, 0.5) is 0 Å². The van der Waals surface area contributed by atoms with E-state index in [2.05, 4.69) is 4.99 Å². The smallest absolute Gasteiger partial charge is 0.363 e. The highest BCUT2D eigenvalue weighted by Gasteiger charge is 2.26. The van der Waals surface area contributed by atoms with Crippen molar-refractivity contribution in [2.75, 3.05) is 13.7 Å². The van der Waals surface area contributed by atoms with E-state index in [-0.39, 0.29) is 5.70 Å². The number of esters is 1. The van der Waals surface area contributed by atoms with Gasteiger partial charge in [-0.15, -0.1) is 0 Å². The van der Waals surface area contributed by atoms with Crippen molar-refractivity contribution in [1.29, 1.82) is 0 Å². The fraction of sp³-hybridized carbons (Fsp3) is 0.100. The molecule has 0 bridgehead atoms. The van der Waals surface area contributed by atoms with Gasteiger partial charge >= 0.3 is 5.97 Å². The van der Waals surface area contributed by atoms with Gasteiger partial charge < -0.3 is 14.2 Å². The first-order chi connectivity index (χ1) is 12.3.